The van der Waals surface area contributed by atoms with Crippen LogP contribution in [-0.2, 0) is 19.1 Å². The molecule has 1 saturated carbocycles. The van der Waals surface area contributed by atoms with E-state index in [1.54, 1.807) is 12.1 Å². The Morgan fingerprint density at radius 1 is 1.00 bits per heavy atom. The fraction of sp³-hybridized carbons (Fsp3) is 0.269. The first-order valence-electron chi connectivity index (χ1n) is 11.4. The van der Waals surface area contributed by atoms with E-state index < -0.39 is 24.4 Å². The number of nitrogens with one attached hydrogen (secondary N) is 2. The quantitative estimate of drug-likeness (QED) is 0.278. The molecule has 36 heavy (non-hydrogen) atoms. The summed E-state index contributed by atoms with van der Waals surface area (Å²) in [5.74, 6) is -3.16. The van der Waals surface area contributed by atoms with Gasteiger partial charge in [0.1, 0.15) is 0 Å². The SMILES string of the molecule is CC1=C[C@H]2C[C@H]1[C@H]1C(=O)N(c3cccc(C(=O)OCC(=O)NNC(=O)c4ccc(Cl)cc4)c3)C(=O)[C@@H]12. The number of hydrogen-bond acceptors (Lipinski definition) is 6. The molecule has 3 aliphatic rings. The van der Waals surface area contributed by atoms with Crippen LogP contribution in [0.25, 0.3) is 0 Å². The molecule has 5 rings (SSSR count). The number of halogens is 1. The molecule has 0 unspecified atom stereocenters. The van der Waals surface area contributed by atoms with Crippen LogP contribution in [0.3, 0.4) is 0 Å². The topological polar surface area (TPSA) is 122 Å². The van der Waals surface area contributed by atoms with Gasteiger partial charge >= 0.3 is 5.97 Å². The highest BCUT2D eigenvalue weighted by Crippen LogP contribution is 2.55. The van der Waals surface area contributed by atoms with Crippen molar-refractivity contribution in [2.75, 3.05) is 11.5 Å². The van der Waals surface area contributed by atoms with Crippen LogP contribution >= 0.6 is 11.6 Å². The average Bonchev–Trinajstić information content (AvgIpc) is 3.51. The van der Waals surface area contributed by atoms with Gasteiger partial charge in [-0.15, -0.1) is 0 Å². The molecule has 2 aromatic rings. The van der Waals surface area contributed by atoms with Crippen molar-refractivity contribution in [3.8, 4) is 0 Å². The van der Waals surface area contributed by atoms with Gasteiger partial charge in [0, 0.05) is 10.6 Å². The maximum absolute atomic E-state index is 13.1. The third-order valence-corrected chi connectivity index (χ3v) is 7.23. The molecule has 2 bridgehead atoms. The lowest BCUT2D eigenvalue weighted by atomic mass is 9.82. The van der Waals surface area contributed by atoms with E-state index in [1.807, 2.05) is 6.92 Å². The summed E-state index contributed by atoms with van der Waals surface area (Å²) in [6.07, 6.45) is 2.93. The highest BCUT2D eigenvalue weighted by molar-refractivity contribution is 6.30. The molecule has 4 amide bonds. The maximum atomic E-state index is 13.1. The highest BCUT2D eigenvalue weighted by atomic mass is 35.5. The van der Waals surface area contributed by atoms with E-state index in [0.717, 1.165) is 16.9 Å². The smallest absolute Gasteiger partial charge is 0.338 e. The average molecular weight is 508 g/mol. The second-order valence-corrected chi connectivity index (χ2v) is 9.55. The van der Waals surface area contributed by atoms with Gasteiger partial charge in [-0.1, -0.05) is 29.3 Å². The number of anilines is 1. The third kappa shape index (κ3) is 4.15. The molecule has 184 valence electrons. The van der Waals surface area contributed by atoms with E-state index in [4.69, 9.17) is 16.3 Å². The largest absolute Gasteiger partial charge is 0.452 e. The Bertz CT molecular complexity index is 1320. The van der Waals surface area contributed by atoms with E-state index in [9.17, 15) is 24.0 Å². The molecule has 2 fully saturated rings. The Labute approximate surface area is 211 Å². The Kier molecular flexibility index (Phi) is 6.09. The van der Waals surface area contributed by atoms with Crippen LogP contribution in [0, 0.1) is 23.7 Å². The molecule has 4 atom stereocenters. The summed E-state index contributed by atoms with van der Waals surface area (Å²) >= 11 is 5.78. The Morgan fingerprint density at radius 2 is 1.72 bits per heavy atom. The van der Waals surface area contributed by atoms with Crippen molar-refractivity contribution < 1.29 is 28.7 Å². The van der Waals surface area contributed by atoms with Crippen LogP contribution in [0.4, 0.5) is 5.69 Å². The first-order valence-corrected chi connectivity index (χ1v) is 11.8. The fourth-order valence-electron chi connectivity index (χ4n) is 5.35. The number of imide groups is 1. The predicted octanol–water partition coefficient (Wildman–Crippen LogP) is 2.66. The number of hydrogen-bond donors (Lipinski definition) is 2. The van der Waals surface area contributed by atoms with Gasteiger partial charge in [-0.3, -0.25) is 30.0 Å². The Balaban J connectivity index is 1.18. The first kappa shape index (κ1) is 23.7. The second-order valence-electron chi connectivity index (χ2n) is 9.12. The summed E-state index contributed by atoms with van der Waals surface area (Å²) < 4.78 is 5.03. The normalized spacial score (nSPS) is 23.8. The zero-order valence-corrected chi connectivity index (χ0v) is 20.0. The van der Waals surface area contributed by atoms with Crippen molar-refractivity contribution in [2.24, 2.45) is 23.7 Å². The van der Waals surface area contributed by atoms with Crippen molar-refractivity contribution >= 4 is 46.9 Å². The van der Waals surface area contributed by atoms with Gasteiger partial charge in [-0.2, -0.15) is 0 Å². The van der Waals surface area contributed by atoms with Crippen LogP contribution in [-0.4, -0.2) is 36.2 Å². The molecule has 10 heteroatoms. The van der Waals surface area contributed by atoms with E-state index in [1.165, 1.54) is 36.4 Å². The number of amides is 4. The van der Waals surface area contributed by atoms with Crippen molar-refractivity contribution in [2.45, 2.75) is 13.3 Å². The zero-order chi connectivity index (χ0) is 25.6. The summed E-state index contributed by atoms with van der Waals surface area (Å²) in [4.78, 5) is 64.0. The Morgan fingerprint density at radius 3 is 2.47 bits per heavy atom. The lowest BCUT2D eigenvalue weighted by Crippen LogP contribution is -2.43. The lowest BCUT2D eigenvalue weighted by molar-refractivity contribution is -0.125. The molecule has 1 aliphatic heterocycles. The lowest BCUT2D eigenvalue weighted by Gasteiger charge is -2.19. The van der Waals surface area contributed by atoms with Crippen molar-refractivity contribution in [3.63, 3.8) is 0 Å². The molecular formula is C26H22ClN3O6. The van der Waals surface area contributed by atoms with Gasteiger partial charge in [0.2, 0.25) is 11.8 Å². The van der Waals surface area contributed by atoms with Gasteiger partial charge in [-0.25, -0.2) is 9.69 Å². The van der Waals surface area contributed by atoms with Crippen LogP contribution in [0.2, 0.25) is 5.02 Å². The number of esters is 1. The Hall–Kier alpha value is -3.98. The van der Waals surface area contributed by atoms with Crippen LogP contribution in [0.15, 0.2) is 60.2 Å². The highest BCUT2D eigenvalue weighted by Gasteiger charge is 2.60. The van der Waals surface area contributed by atoms with Crippen molar-refractivity contribution in [1.82, 2.24) is 10.9 Å². The third-order valence-electron chi connectivity index (χ3n) is 6.98. The molecule has 0 aromatic heterocycles. The number of carbonyl (C=O) groups is 5. The van der Waals surface area contributed by atoms with E-state index in [0.29, 0.717) is 10.7 Å². The number of fused-ring (bicyclic) bond motifs is 5. The van der Waals surface area contributed by atoms with Gasteiger partial charge in [0.05, 0.1) is 23.1 Å². The molecule has 9 nitrogen and oxygen atoms in total. The van der Waals surface area contributed by atoms with Crippen LogP contribution in [0.1, 0.15) is 34.1 Å². The minimum absolute atomic E-state index is 0.0771. The predicted molar refractivity (Wildman–Crippen MR) is 129 cm³/mol. The van der Waals surface area contributed by atoms with Crippen LogP contribution < -0.4 is 15.8 Å². The molecule has 0 spiro atoms. The molecule has 1 heterocycles. The molecule has 1 saturated heterocycles. The minimum Gasteiger partial charge on any atom is -0.452 e. The molecular weight excluding hydrogens is 486 g/mol. The molecule has 2 aliphatic carbocycles. The fourth-order valence-corrected chi connectivity index (χ4v) is 5.48. The van der Waals surface area contributed by atoms with Crippen molar-refractivity contribution in [1.29, 1.82) is 0 Å². The van der Waals surface area contributed by atoms with Gasteiger partial charge in [0.25, 0.3) is 11.8 Å². The number of allylic oxidation sites excluding steroid dienone is 2. The van der Waals surface area contributed by atoms with E-state index in [-0.39, 0.29) is 46.6 Å². The molecule has 2 N–H and O–H groups in total. The summed E-state index contributed by atoms with van der Waals surface area (Å²) in [5, 5.41) is 0.465. The summed E-state index contributed by atoms with van der Waals surface area (Å²) in [6, 6.07) is 12.1. The van der Waals surface area contributed by atoms with Gasteiger partial charge in [0.15, 0.2) is 6.61 Å². The number of nitrogens with zero attached hydrogens (tertiary/aromatic N) is 1. The second kappa shape index (κ2) is 9.23. The molecule has 2 aromatic carbocycles. The summed E-state index contributed by atoms with van der Waals surface area (Å²) in [7, 11) is 0. The van der Waals surface area contributed by atoms with E-state index in [2.05, 4.69) is 16.9 Å². The molecule has 0 radical (unpaired) electrons. The maximum Gasteiger partial charge on any atom is 0.338 e. The minimum atomic E-state index is -0.812. The van der Waals surface area contributed by atoms with E-state index >= 15 is 0 Å². The van der Waals surface area contributed by atoms with Crippen LogP contribution in [0.5, 0.6) is 0 Å². The number of carbonyl (C=O) groups excluding carboxylic acids is 5. The first-order chi connectivity index (χ1) is 17.2. The summed E-state index contributed by atoms with van der Waals surface area (Å²) in [6.45, 7) is 1.35. The van der Waals surface area contributed by atoms with Gasteiger partial charge in [-0.05, 0) is 67.6 Å². The van der Waals surface area contributed by atoms with Gasteiger partial charge < -0.3 is 4.74 Å². The standard InChI is InChI=1S/C26H22ClN3O6/c1-13-9-16-11-19(13)22-21(16)24(33)30(25(22)34)18-4-2-3-15(10-18)26(35)36-12-20(31)28-29-23(32)14-5-7-17(27)8-6-14/h2-10,16,19,21-22H,11-12H2,1H3,(H,28,31)(H,29,32)/t16-,19+,21+,22+/m0/s1. The number of ether oxygens (including phenoxy) is 1. The number of hydrazine groups is 1. The zero-order valence-electron chi connectivity index (χ0n) is 19.2. The monoisotopic (exact) mass is 507 g/mol. The summed E-state index contributed by atoms with van der Waals surface area (Å²) in [5.41, 5.74) is 6.19. The number of rotatable bonds is 5. The van der Waals surface area contributed by atoms with Crippen molar-refractivity contribution in [3.05, 3.63) is 76.3 Å². The number of benzene rings is 2.